The first kappa shape index (κ1) is 18.5. The molecule has 0 radical (unpaired) electrons. The van der Waals surface area contributed by atoms with Crippen LogP contribution in [0.2, 0.25) is 0 Å². The molecule has 3 N–H and O–H groups in total. The van der Waals surface area contributed by atoms with E-state index in [1.807, 2.05) is 6.92 Å². The Hall–Kier alpha value is -2.29. The Labute approximate surface area is 159 Å². The standard InChI is InChI=1S/C17H20BrN3O5/c1-2-3-7-25-16(24)21-9-17(8-12(21)14(19)22)15(23)20-11-6-4-5-10(18)13(11)26-17/h4-6,12H,2-3,7-9H2,1H3,(H2,19,22)(H,20,23)/t12-,17+/m0/s1. The lowest BCUT2D eigenvalue weighted by atomic mass is 9.96. The van der Waals surface area contributed by atoms with Crippen molar-refractivity contribution >= 4 is 39.5 Å². The number of hydrogen-bond donors (Lipinski definition) is 2. The van der Waals surface area contributed by atoms with E-state index in [2.05, 4.69) is 21.2 Å². The van der Waals surface area contributed by atoms with Crippen LogP contribution < -0.4 is 15.8 Å². The van der Waals surface area contributed by atoms with Crippen LogP contribution in [0, 0.1) is 0 Å². The number of carbonyl (C=O) groups excluding carboxylic acids is 3. The van der Waals surface area contributed by atoms with E-state index in [1.165, 1.54) is 4.90 Å². The molecule has 3 rings (SSSR count). The van der Waals surface area contributed by atoms with E-state index in [-0.39, 0.29) is 19.6 Å². The third kappa shape index (κ3) is 3.23. The number of anilines is 1. The lowest BCUT2D eigenvalue weighted by molar-refractivity contribution is -0.131. The molecule has 2 aliphatic rings. The highest BCUT2D eigenvalue weighted by Gasteiger charge is 2.57. The average molecular weight is 426 g/mol. The molecule has 0 aromatic heterocycles. The number of unbranched alkanes of at least 4 members (excludes halogenated alkanes) is 1. The first-order chi connectivity index (χ1) is 12.4. The Kier molecular flexibility index (Phi) is 5.08. The third-order valence-electron chi connectivity index (χ3n) is 4.54. The molecule has 0 saturated carbocycles. The molecule has 0 bridgehead atoms. The molecule has 0 unspecified atom stereocenters. The number of ether oxygens (including phenoxy) is 2. The van der Waals surface area contributed by atoms with Crippen LogP contribution in [0.5, 0.6) is 5.75 Å². The van der Waals surface area contributed by atoms with E-state index >= 15 is 0 Å². The minimum atomic E-state index is -1.39. The summed E-state index contributed by atoms with van der Waals surface area (Å²) in [7, 11) is 0. The van der Waals surface area contributed by atoms with Gasteiger partial charge in [0.25, 0.3) is 5.91 Å². The van der Waals surface area contributed by atoms with Crippen molar-refractivity contribution in [3.63, 3.8) is 0 Å². The van der Waals surface area contributed by atoms with Crippen LogP contribution in [0.1, 0.15) is 26.2 Å². The van der Waals surface area contributed by atoms with E-state index in [0.29, 0.717) is 22.3 Å². The van der Waals surface area contributed by atoms with Crippen molar-refractivity contribution in [2.75, 3.05) is 18.5 Å². The number of fused-ring (bicyclic) bond motifs is 1. The molecule has 1 fully saturated rings. The van der Waals surface area contributed by atoms with Crippen LogP contribution in [-0.2, 0) is 14.3 Å². The molecule has 3 amide bonds. The molecule has 26 heavy (non-hydrogen) atoms. The summed E-state index contributed by atoms with van der Waals surface area (Å²) < 4.78 is 11.8. The largest absolute Gasteiger partial charge is 0.472 e. The van der Waals surface area contributed by atoms with Crippen LogP contribution in [0.25, 0.3) is 0 Å². The van der Waals surface area contributed by atoms with Crippen molar-refractivity contribution in [2.45, 2.75) is 37.8 Å². The molecule has 140 valence electrons. The monoisotopic (exact) mass is 425 g/mol. The van der Waals surface area contributed by atoms with Gasteiger partial charge in [-0.3, -0.25) is 14.5 Å². The molecular formula is C17H20BrN3O5. The summed E-state index contributed by atoms with van der Waals surface area (Å²) in [6.07, 6.45) is 0.877. The molecular weight excluding hydrogens is 406 g/mol. The number of benzene rings is 1. The summed E-state index contributed by atoms with van der Waals surface area (Å²) in [5, 5.41) is 2.78. The molecule has 2 aliphatic heterocycles. The molecule has 2 heterocycles. The molecule has 2 atom stereocenters. The van der Waals surface area contributed by atoms with E-state index in [1.54, 1.807) is 18.2 Å². The molecule has 1 aromatic rings. The van der Waals surface area contributed by atoms with E-state index < -0.39 is 29.6 Å². The van der Waals surface area contributed by atoms with E-state index in [0.717, 1.165) is 6.42 Å². The van der Waals surface area contributed by atoms with Gasteiger partial charge in [0.1, 0.15) is 6.04 Å². The zero-order valence-corrected chi connectivity index (χ0v) is 15.9. The summed E-state index contributed by atoms with van der Waals surface area (Å²) in [5.41, 5.74) is 4.59. The number of nitrogens with one attached hydrogen (secondary N) is 1. The molecule has 0 aliphatic carbocycles. The molecule has 1 saturated heterocycles. The number of likely N-dealkylation sites (tertiary alicyclic amines) is 1. The van der Waals surface area contributed by atoms with Crippen molar-refractivity contribution in [1.82, 2.24) is 4.90 Å². The lowest BCUT2D eigenvalue weighted by Gasteiger charge is -2.34. The lowest BCUT2D eigenvalue weighted by Crippen LogP contribution is -2.53. The SMILES string of the molecule is CCCCOC(=O)N1C[C@@]2(C[C@H]1C(N)=O)Oc1c(Br)cccc1NC2=O. The zero-order valence-electron chi connectivity index (χ0n) is 14.3. The number of nitrogens with zero attached hydrogens (tertiary/aromatic N) is 1. The molecule has 1 spiro atoms. The summed E-state index contributed by atoms with van der Waals surface area (Å²) in [4.78, 5) is 38.1. The smallest absolute Gasteiger partial charge is 0.410 e. The number of nitrogens with two attached hydrogens (primary N) is 1. The van der Waals surface area contributed by atoms with Gasteiger partial charge in [0.05, 0.1) is 23.3 Å². The fourth-order valence-corrected chi connectivity index (χ4v) is 3.58. The summed E-state index contributed by atoms with van der Waals surface area (Å²) >= 11 is 3.39. The fraction of sp³-hybridized carbons (Fsp3) is 0.471. The first-order valence-electron chi connectivity index (χ1n) is 8.39. The average Bonchev–Trinajstić information content (AvgIpc) is 2.98. The maximum absolute atomic E-state index is 12.7. The summed E-state index contributed by atoms with van der Waals surface area (Å²) in [6, 6.07) is 4.28. The first-order valence-corrected chi connectivity index (χ1v) is 9.19. The van der Waals surface area contributed by atoms with Crippen LogP contribution in [0.4, 0.5) is 10.5 Å². The Morgan fingerprint density at radius 1 is 1.50 bits per heavy atom. The number of halogens is 1. The predicted molar refractivity (Wildman–Crippen MR) is 96.7 cm³/mol. The second-order valence-corrected chi connectivity index (χ2v) is 7.24. The van der Waals surface area contributed by atoms with E-state index in [9.17, 15) is 14.4 Å². The van der Waals surface area contributed by atoms with Gasteiger partial charge in [-0.2, -0.15) is 0 Å². The van der Waals surface area contributed by atoms with Crippen LogP contribution >= 0.6 is 15.9 Å². The third-order valence-corrected chi connectivity index (χ3v) is 5.16. The normalized spacial score (nSPS) is 24.0. The van der Waals surface area contributed by atoms with Gasteiger partial charge in [-0.15, -0.1) is 0 Å². The predicted octanol–water partition coefficient (Wildman–Crippen LogP) is 2.02. The summed E-state index contributed by atoms with van der Waals surface area (Å²) in [5.74, 6) is -0.668. The topological polar surface area (TPSA) is 111 Å². The number of hydrogen-bond acceptors (Lipinski definition) is 5. The maximum atomic E-state index is 12.7. The van der Waals surface area contributed by atoms with Gasteiger partial charge in [-0.1, -0.05) is 19.4 Å². The second-order valence-electron chi connectivity index (χ2n) is 6.39. The fourth-order valence-electron chi connectivity index (χ4n) is 3.13. The number of rotatable bonds is 4. The number of amides is 3. The van der Waals surface area contributed by atoms with Crippen molar-refractivity contribution in [3.05, 3.63) is 22.7 Å². The number of para-hydroxylation sites is 1. The van der Waals surface area contributed by atoms with Gasteiger partial charge < -0.3 is 20.5 Å². The highest BCUT2D eigenvalue weighted by Crippen LogP contribution is 2.43. The van der Waals surface area contributed by atoms with Gasteiger partial charge in [0, 0.05) is 6.42 Å². The van der Waals surface area contributed by atoms with Gasteiger partial charge in [-0.05, 0) is 34.5 Å². The maximum Gasteiger partial charge on any atom is 0.410 e. The zero-order chi connectivity index (χ0) is 18.9. The Balaban J connectivity index is 1.87. The van der Waals surface area contributed by atoms with Crippen molar-refractivity contribution in [1.29, 1.82) is 0 Å². The molecule has 9 heteroatoms. The van der Waals surface area contributed by atoms with Crippen molar-refractivity contribution in [2.24, 2.45) is 5.73 Å². The van der Waals surface area contributed by atoms with Gasteiger partial charge in [0.2, 0.25) is 11.5 Å². The van der Waals surface area contributed by atoms with Crippen LogP contribution in [-0.4, -0.2) is 47.6 Å². The molecule has 1 aromatic carbocycles. The molecule has 8 nitrogen and oxygen atoms in total. The van der Waals surface area contributed by atoms with Gasteiger partial charge in [-0.25, -0.2) is 4.79 Å². The Morgan fingerprint density at radius 2 is 2.27 bits per heavy atom. The second kappa shape index (κ2) is 7.14. The summed E-state index contributed by atoms with van der Waals surface area (Å²) in [6.45, 7) is 2.10. The highest BCUT2D eigenvalue weighted by molar-refractivity contribution is 9.10. The Morgan fingerprint density at radius 3 is 2.96 bits per heavy atom. The quantitative estimate of drug-likeness (QED) is 0.716. The van der Waals surface area contributed by atoms with Crippen molar-refractivity contribution in [3.8, 4) is 5.75 Å². The number of carbonyl (C=O) groups is 3. The van der Waals surface area contributed by atoms with Crippen LogP contribution in [0.15, 0.2) is 22.7 Å². The van der Waals surface area contributed by atoms with Gasteiger partial charge >= 0.3 is 6.09 Å². The van der Waals surface area contributed by atoms with E-state index in [4.69, 9.17) is 15.2 Å². The highest BCUT2D eigenvalue weighted by atomic mass is 79.9. The number of primary amides is 1. The minimum absolute atomic E-state index is 0.0299. The van der Waals surface area contributed by atoms with Crippen molar-refractivity contribution < 1.29 is 23.9 Å². The van der Waals surface area contributed by atoms with Crippen LogP contribution in [0.3, 0.4) is 0 Å². The Bertz CT molecular complexity index is 756. The van der Waals surface area contributed by atoms with Gasteiger partial charge in [0.15, 0.2) is 5.75 Å². The minimum Gasteiger partial charge on any atom is -0.472 e.